The molecule has 16 heavy (non-hydrogen) atoms. The molecule has 2 rings (SSSR count). The maximum atomic E-state index is 5.59. The van der Waals surface area contributed by atoms with E-state index in [2.05, 4.69) is 15.6 Å². The number of benzene rings is 1. The minimum absolute atomic E-state index is 0.548. The maximum absolute atomic E-state index is 5.59. The monoisotopic (exact) mass is 219 g/mol. The molecule has 0 saturated carbocycles. The normalized spacial score (nSPS) is 11.1. The zero-order valence-electron chi connectivity index (χ0n) is 9.52. The SMILES string of the molecule is CCOCn1c(CCN)nc2ccccc21. The molecular weight excluding hydrogens is 202 g/mol. The molecule has 0 saturated heterocycles. The molecule has 0 fully saturated rings. The largest absolute Gasteiger partial charge is 0.361 e. The Morgan fingerprint density at radius 3 is 2.94 bits per heavy atom. The number of aromatic nitrogens is 2. The van der Waals surface area contributed by atoms with Gasteiger partial charge in [-0.25, -0.2) is 4.98 Å². The third-order valence-electron chi connectivity index (χ3n) is 2.53. The second kappa shape index (κ2) is 5.09. The summed E-state index contributed by atoms with van der Waals surface area (Å²) >= 11 is 0. The lowest BCUT2D eigenvalue weighted by molar-refractivity contribution is 0.0886. The lowest BCUT2D eigenvalue weighted by Gasteiger charge is -2.07. The number of nitrogens with two attached hydrogens (primary N) is 1. The average molecular weight is 219 g/mol. The minimum atomic E-state index is 0.548. The first-order chi connectivity index (χ1) is 7.86. The second-order valence-corrected chi connectivity index (χ2v) is 3.61. The highest BCUT2D eigenvalue weighted by molar-refractivity contribution is 5.75. The quantitative estimate of drug-likeness (QED) is 0.829. The van der Waals surface area contributed by atoms with Crippen LogP contribution in [0.25, 0.3) is 11.0 Å². The van der Waals surface area contributed by atoms with Gasteiger partial charge in [-0.15, -0.1) is 0 Å². The van der Waals surface area contributed by atoms with Crippen molar-refractivity contribution in [3.63, 3.8) is 0 Å². The Kier molecular flexibility index (Phi) is 3.54. The first-order valence-corrected chi connectivity index (χ1v) is 5.58. The molecule has 0 amide bonds. The molecule has 0 unspecified atom stereocenters. The van der Waals surface area contributed by atoms with Gasteiger partial charge in [0.25, 0.3) is 0 Å². The van der Waals surface area contributed by atoms with Crippen LogP contribution >= 0.6 is 0 Å². The lowest BCUT2D eigenvalue weighted by Crippen LogP contribution is -2.11. The summed E-state index contributed by atoms with van der Waals surface area (Å²) in [6, 6.07) is 8.07. The fourth-order valence-electron chi connectivity index (χ4n) is 1.77. The fourth-order valence-corrected chi connectivity index (χ4v) is 1.77. The van der Waals surface area contributed by atoms with Crippen LogP contribution in [-0.4, -0.2) is 22.7 Å². The Morgan fingerprint density at radius 2 is 2.19 bits per heavy atom. The molecule has 0 radical (unpaired) electrons. The highest BCUT2D eigenvalue weighted by Crippen LogP contribution is 2.16. The topological polar surface area (TPSA) is 53.1 Å². The number of nitrogens with zero attached hydrogens (tertiary/aromatic N) is 2. The van der Waals surface area contributed by atoms with E-state index in [0.717, 1.165) is 23.3 Å². The van der Waals surface area contributed by atoms with E-state index < -0.39 is 0 Å². The van der Waals surface area contributed by atoms with Gasteiger partial charge < -0.3 is 15.0 Å². The van der Waals surface area contributed by atoms with Crippen molar-refractivity contribution < 1.29 is 4.74 Å². The predicted molar refractivity (Wildman–Crippen MR) is 64.1 cm³/mol. The van der Waals surface area contributed by atoms with Crippen LogP contribution in [0.1, 0.15) is 12.7 Å². The summed E-state index contributed by atoms with van der Waals surface area (Å²) in [7, 11) is 0. The van der Waals surface area contributed by atoms with Crippen LogP contribution in [0.3, 0.4) is 0 Å². The molecule has 1 aromatic heterocycles. The van der Waals surface area contributed by atoms with Crippen LogP contribution in [0, 0.1) is 0 Å². The van der Waals surface area contributed by atoms with Gasteiger partial charge in [0.15, 0.2) is 0 Å². The van der Waals surface area contributed by atoms with E-state index in [4.69, 9.17) is 10.5 Å². The zero-order chi connectivity index (χ0) is 11.4. The Bertz CT molecular complexity index is 464. The molecule has 86 valence electrons. The third kappa shape index (κ3) is 2.08. The zero-order valence-corrected chi connectivity index (χ0v) is 9.52. The Morgan fingerprint density at radius 1 is 1.38 bits per heavy atom. The molecule has 0 aliphatic heterocycles. The predicted octanol–water partition coefficient (Wildman–Crippen LogP) is 1.53. The van der Waals surface area contributed by atoms with Gasteiger partial charge in [-0.2, -0.15) is 0 Å². The number of rotatable bonds is 5. The standard InChI is InChI=1S/C12H17N3O/c1-2-16-9-15-11-6-4-3-5-10(11)14-12(15)7-8-13/h3-6H,2,7-9,13H2,1H3. The molecule has 0 aliphatic rings. The van der Waals surface area contributed by atoms with Gasteiger partial charge in [0.05, 0.1) is 11.0 Å². The summed E-state index contributed by atoms with van der Waals surface area (Å²) in [5, 5.41) is 0. The van der Waals surface area contributed by atoms with Crippen molar-refractivity contribution in [3.05, 3.63) is 30.1 Å². The van der Waals surface area contributed by atoms with Gasteiger partial charge in [-0.3, -0.25) is 0 Å². The summed E-state index contributed by atoms with van der Waals surface area (Å²) in [6.07, 6.45) is 0.780. The van der Waals surface area contributed by atoms with Crippen molar-refractivity contribution in [2.24, 2.45) is 5.73 Å². The summed E-state index contributed by atoms with van der Waals surface area (Å²) in [5.41, 5.74) is 7.70. The molecule has 0 spiro atoms. The smallest absolute Gasteiger partial charge is 0.124 e. The van der Waals surface area contributed by atoms with Crippen molar-refractivity contribution in [3.8, 4) is 0 Å². The second-order valence-electron chi connectivity index (χ2n) is 3.61. The van der Waals surface area contributed by atoms with E-state index in [0.29, 0.717) is 19.9 Å². The van der Waals surface area contributed by atoms with Gasteiger partial charge >= 0.3 is 0 Å². The molecule has 0 bridgehead atoms. The fraction of sp³-hybridized carbons (Fsp3) is 0.417. The molecule has 4 nitrogen and oxygen atoms in total. The van der Waals surface area contributed by atoms with Crippen molar-refractivity contribution in [1.82, 2.24) is 9.55 Å². The lowest BCUT2D eigenvalue weighted by atomic mass is 10.3. The molecule has 1 heterocycles. The Hall–Kier alpha value is -1.39. The van der Waals surface area contributed by atoms with Crippen LogP contribution in [0.2, 0.25) is 0 Å². The Labute approximate surface area is 95.0 Å². The minimum Gasteiger partial charge on any atom is -0.361 e. The summed E-state index contributed by atoms with van der Waals surface area (Å²) in [4.78, 5) is 4.56. The number of imidazole rings is 1. The van der Waals surface area contributed by atoms with Gasteiger partial charge in [0, 0.05) is 13.0 Å². The van der Waals surface area contributed by atoms with Crippen LogP contribution in [0.4, 0.5) is 0 Å². The maximum Gasteiger partial charge on any atom is 0.124 e. The summed E-state index contributed by atoms with van der Waals surface area (Å²) < 4.78 is 7.54. The van der Waals surface area contributed by atoms with Crippen LogP contribution < -0.4 is 5.73 Å². The van der Waals surface area contributed by atoms with Crippen molar-refractivity contribution >= 4 is 11.0 Å². The van der Waals surface area contributed by atoms with Crippen molar-refractivity contribution in [2.75, 3.05) is 13.2 Å². The van der Waals surface area contributed by atoms with E-state index in [1.807, 2.05) is 25.1 Å². The molecule has 4 heteroatoms. The molecule has 2 aromatic rings. The highest BCUT2D eigenvalue weighted by atomic mass is 16.5. The number of hydrogen-bond acceptors (Lipinski definition) is 3. The van der Waals surface area contributed by atoms with E-state index in [1.54, 1.807) is 0 Å². The molecular formula is C12H17N3O. The first kappa shape index (κ1) is 11.1. The van der Waals surface area contributed by atoms with Crippen LogP contribution in [0.15, 0.2) is 24.3 Å². The van der Waals surface area contributed by atoms with E-state index in [1.165, 1.54) is 0 Å². The Balaban J connectivity index is 2.42. The van der Waals surface area contributed by atoms with Gasteiger partial charge in [-0.1, -0.05) is 12.1 Å². The molecule has 0 aliphatic carbocycles. The average Bonchev–Trinajstić information content (AvgIpc) is 2.65. The van der Waals surface area contributed by atoms with Crippen LogP contribution in [-0.2, 0) is 17.9 Å². The summed E-state index contributed by atoms with van der Waals surface area (Å²) in [6.45, 7) is 3.85. The van der Waals surface area contributed by atoms with Gasteiger partial charge in [0.2, 0.25) is 0 Å². The van der Waals surface area contributed by atoms with Crippen molar-refractivity contribution in [2.45, 2.75) is 20.1 Å². The number of hydrogen-bond donors (Lipinski definition) is 1. The first-order valence-electron chi connectivity index (χ1n) is 5.58. The van der Waals surface area contributed by atoms with E-state index >= 15 is 0 Å². The molecule has 1 aromatic carbocycles. The van der Waals surface area contributed by atoms with Gasteiger partial charge in [0.1, 0.15) is 12.6 Å². The van der Waals surface area contributed by atoms with Crippen molar-refractivity contribution in [1.29, 1.82) is 0 Å². The molecule has 0 atom stereocenters. The number of fused-ring (bicyclic) bond motifs is 1. The van der Waals surface area contributed by atoms with E-state index in [-0.39, 0.29) is 0 Å². The van der Waals surface area contributed by atoms with Crippen LogP contribution in [0.5, 0.6) is 0 Å². The number of para-hydroxylation sites is 2. The molecule has 2 N–H and O–H groups in total. The summed E-state index contributed by atoms with van der Waals surface area (Å²) in [5.74, 6) is 0.997. The van der Waals surface area contributed by atoms with Gasteiger partial charge in [-0.05, 0) is 25.6 Å². The highest BCUT2D eigenvalue weighted by Gasteiger charge is 2.08. The van der Waals surface area contributed by atoms with E-state index in [9.17, 15) is 0 Å². The number of ether oxygens (including phenoxy) is 1. The third-order valence-corrected chi connectivity index (χ3v) is 2.53.